The van der Waals surface area contributed by atoms with Crippen LogP contribution in [-0.4, -0.2) is 17.2 Å². The monoisotopic (exact) mass is 189 g/mol. The molecule has 0 atom stereocenters. The molecule has 1 saturated carbocycles. The van der Waals surface area contributed by atoms with Gasteiger partial charge in [0.25, 0.3) is 0 Å². The summed E-state index contributed by atoms with van der Waals surface area (Å²) in [5, 5.41) is 0. The normalized spacial score (nSPS) is 20.2. The zero-order chi connectivity index (χ0) is 9.03. The van der Waals surface area contributed by atoms with Gasteiger partial charge in [0, 0.05) is 19.3 Å². The lowest BCUT2D eigenvalue weighted by molar-refractivity contribution is -0.162. The predicted octanol–water partition coefficient (Wildman–Crippen LogP) is 0.734. The molecule has 4 N–H and O–H groups in total. The first-order chi connectivity index (χ1) is 5.66. The van der Waals surface area contributed by atoms with E-state index in [2.05, 4.69) is 0 Å². The fourth-order valence-corrected chi connectivity index (χ4v) is 1.55. The van der Waals surface area contributed by atoms with Crippen LogP contribution in [0.1, 0.15) is 45.4 Å². The molecule has 0 aromatic carbocycles. The smallest absolute Gasteiger partial charge is 0.307 e. The van der Waals surface area contributed by atoms with Crippen molar-refractivity contribution in [3.05, 3.63) is 0 Å². The fraction of sp³-hybridized carbons (Fsp3) is 0.889. The number of carbonyl (C=O) groups excluding carboxylic acids is 1. The van der Waals surface area contributed by atoms with E-state index in [1.165, 1.54) is 6.42 Å². The molecule has 0 aliphatic heterocycles. The average Bonchev–Trinajstić information content (AvgIpc) is 2.05. The summed E-state index contributed by atoms with van der Waals surface area (Å²) in [4.78, 5) is 11.0. The number of hydrogen-bond acceptors (Lipinski definition) is 3. The van der Waals surface area contributed by atoms with Gasteiger partial charge in [0.15, 0.2) is 5.72 Å². The highest BCUT2D eigenvalue weighted by atomic mass is 16.6. The lowest BCUT2D eigenvalue weighted by Gasteiger charge is -2.32. The summed E-state index contributed by atoms with van der Waals surface area (Å²) in [7, 11) is 0. The lowest BCUT2D eigenvalue weighted by atomic mass is 9.92. The van der Waals surface area contributed by atoms with Crippen LogP contribution in [0.4, 0.5) is 0 Å². The molecule has 0 amide bonds. The Morgan fingerprint density at radius 1 is 1.38 bits per heavy atom. The standard InChI is InChI=1S/C9H17NO2.H2O/c1-2-8(11)12-9(10)6-4-3-5-7-9;/h2-7,10H2,1H3;1H2. The van der Waals surface area contributed by atoms with Crippen LogP contribution < -0.4 is 5.73 Å². The molecule has 78 valence electrons. The molecular weight excluding hydrogens is 170 g/mol. The largest absolute Gasteiger partial charge is 0.444 e. The molecule has 1 aliphatic carbocycles. The van der Waals surface area contributed by atoms with Gasteiger partial charge in [-0.05, 0) is 12.8 Å². The maximum absolute atomic E-state index is 11.0. The maximum atomic E-state index is 11.0. The molecule has 0 spiro atoms. The number of hydrogen-bond donors (Lipinski definition) is 1. The van der Waals surface area contributed by atoms with Crippen LogP contribution in [0, 0.1) is 0 Å². The van der Waals surface area contributed by atoms with E-state index in [-0.39, 0.29) is 11.4 Å². The topological polar surface area (TPSA) is 83.8 Å². The molecule has 4 heteroatoms. The molecule has 0 aromatic heterocycles. The minimum atomic E-state index is -0.647. The molecule has 13 heavy (non-hydrogen) atoms. The summed E-state index contributed by atoms with van der Waals surface area (Å²) in [5.41, 5.74) is 5.25. The third-order valence-electron chi connectivity index (χ3n) is 2.31. The fourth-order valence-electron chi connectivity index (χ4n) is 1.55. The molecule has 1 fully saturated rings. The quantitative estimate of drug-likeness (QED) is 0.513. The average molecular weight is 189 g/mol. The minimum Gasteiger partial charge on any atom is -0.444 e. The Morgan fingerprint density at radius 2 is 1.92 bits per heavy atom. The maximum Gasteiger partial charge on any atom is 0.307 e. The van der Waals surface area contributed by atoms with Crippen molar-refractivity contribution in [2.45, 2.75) is 51.2 Å². The van der Waals surface area contributed by atoms with Crippen molar-refractivity contribution < 1.29 is 15.0 Å². The van der Waals surface area contributed by atoms with Gasteiger partial charge < -0.3 is 10.2 Å². The Labute approximate surface area is 78.7 Å². The predicted molar refractivity (Wildman–Crippen MR) is 50.0 cm³/mol. The van der Waals surface area contributed by atoms with Gasteiger partial charge in [0.05, 0.1) is 0 Å². The van der Waals surface area contributed by atoms with Crippen molar-refractivity contribution in [2.24, 2.45) is 5.73 Å². The Kier molecular flexibility index (Phi) is 4.95. The second-order valence-corrected chi connectivity index (χ2v) is 3.45. The third-order valence-corrected chi connectivity index (χ3v) is 2.31. The number of carbonyl (C=O) groups is 1. The van der Waals surface area contributed by atoms with Gasteiger partial charge in [0.2, 0.25) is 0 Å². The summed E-state index contributed by atoms with van der Waals surface area (Å²) in [6.07, 6.45) is 5.42. The van der Waals surface area contributed by atoms with E-state index in [4.69, 9.17) is 10.5 Å². The van der Waals surface area contributed by atoms with Crippen molar-refractivity contribution in [3.8, 4) is 0 Å². The van der Waals surface area contributed by atoms with E-state index >= 15 is 0 Å². The van der Waals surface area contributed by atoms with Gasteiger partial charge in [-0.15, -0.1) is 0 Å². The minimum absolute atomic E-state index is 0. The van der Waals surface area contributed by atoms with E-state index in [0.717, 1.165) is 25.7 Å². The zero-order valence-corrected chi connectivity index (χ0v) is 8.14. The van der Waals surface area contributed by atoms with Crippen molar-refractivity contribution >= 4 is 5.97 Å². The van der Waals surface area contributed by atoms with Crippen LogP contribution >= 0.6 is 0 Å². The molecule has 0 unspecified atom stereocenters. The van der Waals surface area contributed by atoms with Crippen LogP contribution in [0.3, 0.4) is 0 Å². The van der Waals surface area contributed by atoms with Crippen molar-refractivity contribution in [1.29, 1.82) is 0 Å². The first-order valence-electron chi connectivity index (χ1n) is 4.67. The number of esters is 1. The van der Waals surface area contributed by atoms with Crippen molar-refractivity contribution in [3.63, 3.8) is 0 Å². The molecule has 0 saturated heterocycles. The van der Waals surface area contributed by atoms with Crippen LogP contribution in [0.5, 0.6) is 0 Å². The number of rotatable bonds is 2. The highest BCUT2D eigenvalue weighted by molar-refractivity contribution is 5.69. The number of nitrogens with two attached hydrogens (primary N) is 1. The summed E-state index contributed by atoms with van der Waals surface area (Å²) >= 11 is 0. The Morgan fingerprint density at radius 3 is 2.38 bits per heavy atom. The van der Waals surface area contributed by atoms with Crippen LogP contribution in [0.2, 0.25) is 0 Å². The second-order valence-electron chi connectivity index (χ2n) is 3.45. The summed E-state index contributed by atoms with van der Waals surface area (Å²) in [5.74, 6) is -0.181. The molecule has 0 aromatic rings. The van der Waals surface area contributed by atoms with E-state index in [0.29, 0.717) is 6.42 Å². The van der Waals surface area contributed by atoms with Crippen LogP contribution in [-0.2, 0) is 9.53 Å². The molecule has 4 nitrogen and oxygen atoms in total. The molecule has 1 aliphatic rings. The Hall–Kier alpha value is -0.610. The Balaban J connectivity index is 0.00000144. The summed E-state index contributed by atoms with van der Waals surface area (Å²) in [6.45, 7) is 1.79. The first kappa shape index (κ1) is 12.4. The molecule has 0 heterocycles. The van der Waals surface area contributed by atoms with Gasteiger partial charge in [-0.1, -0.05) is 13.3 Å². The van der Waals surface area contributed by atoms with Gasteiger partial charge in [-0.25, -0.2) is 0 Å². The van der Waals surface area contributed by atoms with Crippen LogP contribution in [0.25, 0.3) is 0 Å². The zero-order valence-electron chi connectivity index (χ0n) is 8.14. The lowest BCUT2D eigenvalue weighted by Crippen LogP contribution is -2.45. The van der Waals surface area contributed by atoms with E-state index in [1.54, 1.807) is 6.92 Å². The van der Waals surface area contributed by atoms with E-state index in [1.807, 2.05) is 0 Å². The molecule has 0 radical (unpaired) electrons. The number of ether oxygens (including phenoxy) is 1. The van der Waals surface area contributed by atoms with E-state index in [9.17, 15) is 4.79 Å². The third kappa shape index (κ3) is 3.74. The molecular formula is C9H19NO3. The Bertz CT molecular complexity index is 164. The highest BCUT2D eigenvalue weighted by Crippen LogP contribution is 2.27. The van der Waals surface area contributed by atoms with Crippen LogP contribution in [0.15, 0.2) is 0 Å². The summed E-state index contributed by atoms with van der Waals surface area (Å²) < 4.78 is 5.17. The van der Waals surface area contributed by atoms with Gasteiger partial charge >= 0.3 is 5.97 Å². The van der Waals surface area contributed by atoms with Crippen molar-refractivity contribution in [2.75, 3.05) is 0 Å². The molecule has 0 bridgehead atoms. The second kappa shape index (κ2) is 5.19. The first-order valence-corrected chi connectivity index (χ1v) is 4.67. The van der Waals surface area contributed by atoms with Gasteiger partial charge in [-0.2, -0.15) is 0 Å². The molecule has 1 rings (SSSR count). The summed E-state index contributed by atoms with van der Waals surface area (Å²) in [6, 6.07) is 0. The SMILES string of the molecule is CCC(=O)OC1(N)CCCCC1.O. The van der Waals surface area contributed by atoms with Crippen molar-refractivity contribution in [1.82, 2.24) is 0 Å². The van der Waals surface area contributed by atoms with E-state index < -0.39 is 5.72 Å². The van der Waals surface area contributed by atoms with Gasteiger partial charge in [0.1, 0.15) is 0 Å². The highest BCUT2D eigenvalue weighted by Gasteiger charge is 2.30. The van der Waals surface area contributed by atoms with Gasteiger partial charge in [-0.3, -0.25) is 10.5 Å².